The van der Waals surface area contributed by atoms with E-state index < -0.39 is 0 Å². The molecule has 0 amide bonds. The van der Waals surface area contributed by atoms with Crippen LogP contribution in [0.2, 0.25) is 0 Å². The average molecular weight is 272 g/mol. The number of benzene rings is 1. The molecule has 20 heavy (non-hydrogen) atoms. The van der Waals surface area contributed by atoms with Crippen molar-refractivity contribution in [2.75, 3.05) is 0 Å². The lowest BCUT2D eigenvalue weighted by Crippen LogP contribution is -2.08. The van der Waals surface area contributed by atoms with Gasteiger partial charge in [0.25, 0.3) is 0 Å². The molecular weight excluding hydrogens is 248 g/mol. The van der Waals surface area contributed by atoms with E-state index in [1.807, 2.05) is 35.0 Å². The molecule has 0 radical (unpaired) electrons. The fourth-order valence-corrected chi connectivity index (χ4v) is 2.37. The summed E-state index contributed by atoms with van der Waals surface area (Å²) in [6.07, 6.45) is 3.00. The van der Waals surface area contributed by atoms with Crippen LogP contribution in [0.5, 0.6) is 5.75 Å². The Labute approximate surface area is 121 Å². The molecule has 3 heteroatoms. The lowest BCUT2D eigenvalue weighted by Gasteiger charge is -2.10. The van der Waals surface area contributed by atoms with Gasteiger partial charge in [0.1, 0.15) is 11.4 Å². The van der Waals surface area contributed by atoms with E-state index in [0.29, 0.717) is 11.7 Å². The van der Waals surface area contributed by atoms with Crippen molar-refractivity contribution in [1.82, 2.24) is 9.78 Å². The Morgan fingerprint density at radius 1 is 1.20 bits per heavy atom. The highest BCUT2D eigenvalue weighted by atomic mass is 16.3. The number of aromatic nitrogens is 2. The molecule has 108 valence electrons. The van der Waals surface area contributed by atoms with Gasteiger partial charge in [0.15, 0.2) is 5.75 Å². The highest BCUT2D eigenvalue weighted by Gasteiger charge is 2.18. The number of nitrogens with zero attached hydrogens (tertiary/aromatic N) is 2. The van der Waals surface area contributed by atoms with Crippen LogP contribution < -0.4 is 0 Å². The molecule has 0 aliphatic carbocycles. The molecule has 1 N–H and O–H groups in total. The van der Waals surface area contributed by atoms with Crippen molar-refractivity contribution in [1.29, 1.82) is 0 Å². The molecule has 0 unspecified atom stereocenters. The van der Waals surface area contributed by atoms with Crippen LogP contribution in [0.25, 0.3) is 11.3 Å². The van der Waals surface area contributed by atoms with Gasteiger partial charge in [0.05, 0.1) is 0 Å². The van der Waals surface area contributed by atoms with Crippen LogP contribution in [0.3, 0.4) is 0 Å². The minimum absolute atomic E-state index is 0.352. The van der Waals surface area contributed by atoms with Gasteiger partial charge >= 0.3 is 0 Å². The normalized spacial score (nSPS) is 11.2. The lowest BCUT2D eigenvalue weighted by molar-refractivity contribution is 0.465. The van der Waals surface area contributed by atoms with Crippen LogP contribution in [0.15, 0.2) is 30.3 Å². The highest BCUT2D eigenvalue weighted by molar-refractivity contribution is 5.67. The van der Waals surface area contributed by atoms with Crippen molar-refractivity contribution in [3.8, 4) is 17.0 Å². The van der Waals surface area contributed by atoms with Crippen LogP contribution in [0.1, 0.15) is 39.3 Å². The Bertz CT molecular complexity index is 544. The fourth-order valence-electron chi connectivity index (χ4n) is 2.37. The zero-order chi connectivity index (χ0) is 14.5. The van der Waals surface area contributed by atoms with Gasteiger partial charge in [-0.1, -0.05) is 57.5 Å². The first-order valence-corrected chi connectivity index (χ1v) is 7.47. The van der Waals surface area contributed by atoms with Gasteiger partial charge in [-0.15, -0.1) is 0 Å². The van der Waals surface area contributed by atoms with Crippen molar-refractivity contribution >= 4 is 0 Å². The van der Waals surface area contributed by atoms with Crippen molar-refractivity contribution in [3.63, 3.8) is 0 Å². The topological polar surface area (TPSA) is 38.0 Å². The molecule has 0 saturated carbocycles. The molecule has 0 fully saturated rings. The molecule has 1 aromatic heterocycles. The van der Waals surface area contributed by atoms with Crippen LogP contribution in [0.4, 0.5) is 0 Å². The standard InChI is InChI=1S/C17H24N2O/c1-4-5-11-15-17(20)16(14-9-7-6-8-10-14)19(18-15)12-13(2)3/h6-10,13,20H,4-5,11-12H2,1-3H3. The Balaban J connectivity index is 2.43. The molecule has 2 aromatic rings. The minimum Gasteiger partial charge on any atom is -0.504 e. The average Bonchev–Trinajstić information content (AvgIpc) is 2.73. The second-order valence-electron chi connectivity index (χ2n) is 5.69. The Hall–Kier alpha value is -1.77. The predicted molar refractivity (Wildman–Crippen MR) is 82.8 cm³/mol. The predicted octanol–water partition coefficient (Wildman–Crippen LogP) is 4.25. The summed E-state index contributed by atoms with van der Waals surface area (Å²) in [6, 6.07) is 10.0. The molecule has 0 aliphatic heterocycles. The molecule has 0 spiro atoms. The van der Waals surface area contributed by atoms with E-state index in [1.165, 1.54) is 0 Å². The molecule has 3 nitrogen and oxygen atoms in total. The maximum Gasteiger partial charge on any atom is 0.164 e. The molecule has 0 aliphatic rings. The summed E-state index contributed by atoms with van der Waals surface area (Å²) >= 11 is 0. The van der Waals surface area contributed by atoms with Crippen LogP contribution in [0, 0.1) is 5.92 Å². The van der Waals surface area contributed by atoms with E-state index in [-0.39, 0.29) is 0 Å². The number of rotatable bonds is 6. The van der Waals surface area contributed by atoms with Gasteiger partial charge in [-0.2, -0.15) is 5.10 Å². The highest BCUT2D eigenvalue weighted by Crippen LogP contribution is 2.33. The van der Waals surface area contributed by atoms with Crippen LogP contribution >= 0.6 is 0 Å². The fraction of sp³-hybridized carbons (Fsp3) is 0.471. The van der Waals surface area contributed by atoms with E-state index in [2.05, 4.69) is 25.9 Å². The SMILES string of the molecule is CCCCc1nn(CC(C)C)c(-c2ccccc2)c1O. The maximum absolute atomic E-state index is 10.5. The first-order chi connectivity index (χ1) is 9.63. The quantitative estimate of drug-likeness (QED) is 0.853. The molecular formula is C17H24N2O. The number of hydrogen-bond acceptors (Lipinski definition) is 2. The summed E-state index contributed by atoms with van der Waals surface area (Å²) in [7, 11) is 0. The van der Waals surface area contributed by atoms with E-state index >= 15 is 0 Å². The van der Waals surface area contributed by atoms with Crippen LogP contribution in [-0.4, -0.2) is 14.9 Å². The summed E-state index contributed by atoms with van der Waals surface area (Å²) in [5.41, 5.74) is 2.71. The first kappa shape index (κ1) is 14.6. The van der Waals surface area contributed by atoms with Gasteiger partial charge in [-0.3, -0.25) is 4.68 Å². The second-order valence-corrected chi connectivity index (χ2v) is 5.69. The number of hydrogen-bond donors (Lipinski definition) is 1. The summed E-state index contributed by atoms with van der Waals surface area (Å²) in [5, 5.41) is 15.1. The second kappa shape index (κ2) is 6.60. The monoisotopic (exact) mass is 272 g/mol. The Morgan fingerprint density at radius 2 is 1.90 bits per heavy atom. The summed E-state index contributed by atoms with van der Waals surface area (Å²) in [4.78, 5) is 0. The number of unbranched alkanes of at least 4 members (excludes halogenated alkanes) is 1. The lowest BCUT2D eigenvalue weighted by atomic mass is 10.1. The van der Waals surface area contributed by atoms with Crippen molar-refractivity contribution in [3.05, 3.63) is 36.0 Å². The molecule has 2 rings (SSSR count). The Morgan fingerprint density at radius 3 is 2.50 bits per heavy atom. The molecule has 0 saturated heterocycles. The smallest absolute Gasteiger partial charge is 0.164 e. The van der Waals surface area contributed by atoms with E-state index in [0.717, 1.165) is 42.8 Å². The minimum atomic E-state index is 0.352. The maximum atomic E-state index is 10.5. The van der Waals surface area contributed by atoms with Crippen LogP contribution in [-0.2, 0) is 13.0 Å². The van der Waals surface area contributed by atoms with Gasteiger partial charge in [0, 0.05) is 12.1 Å². The van der Waals surface area contributed by atoms with Crippen molar-refractivity contribution < 1.29 is 5.11 Å². The summed E-state index contributed by atoms with van der Waals surface area (Å²) < 4.78 is 1.96. The third kappa shape index (κ3) is 3.21. The van der Waals surface area contributed by atoms with Gasteiger partial charge in [-0.25, -0.2) is 0 Å². The van der Waals surface area contributed by atoms with Crippen molar-refractivity contribution in [2.24, 2.45) is 5.92 Å². The van der Waals surface area contributed by atoms with Crippen molar-refractivity contribution in [2.45, 2.75) is 46.6 Å². The van der Waals surface area contributed by atoms with Gasteiger partial charge < -0.3 is 5.11 Å². The van der Waals surface area contributed by atoms with Gasteiger partial charge in [0.2, 0.25) is 0 Å². The Kier molecular flexibility index (Phi) is 4.83. The zero-order valence-corrected chi connectivity index (χ0v) is 12.6. The third-order valence-corrected chi connectivity index (χ3v) is 3.35. The van der Waals surface area contributed by atoms with E-state index in [1.54, 1.807) is 0 Å². The third-order valence-electron chi connectivity index (χ3n) is 3.35. The van der Waals surface area contributed by atoms with Gasteiger partial charge in [-0.05, 0) is 18.8 Å². The molecule has 0 bridgehead atoms. The molecule has 1 aromatic carbocycles. The molecule has 1 heterocycles. The summed E-state index contributed by atoms with van der Waals surface area (Å²) in [6.45, 7) is 7.31. The zero-order valence-electron chi connectivity index (χ0n) is 12.6. The number of aryl methyl sites for hydroxylation is 1. The number of aromatic hydroxyl groups is 1. The molecule has 0 atom stereocenters. The van der Waals surface area contributed by atoms with E-state index in [9.17, 15) is 5.11 Å². The largest absolute Gasteiger partial charge is 0.504 e. The van der Waals surface area contributed by atoms with E-state index in [4.69, 9.17) is 0 Å². The first-order valence-electron chi connectivity index (χ1n) is 7.47. The summed E-state index contributed by atoms with van der Waals surface area (Å²) in [5.74, 6) is 0.848.